The maximum Gasteiger partial charge on any atom is 0.330 e. The Morgan fingerprint density at radius 1 is 1.38 bits per heavy atom. The van der Waals surface area contributed by atoms with Crippen molar-refractivity contribution in [2.45, 2.75) is 19.4 Å². The molecule has 0 amide bonds. The lowest BCUT2D eigenvalue weighted by molar-refractivity contribution is -0.134. The largest absolute Gasteiger partial charge is 0.466 e. The summed E-state index contributed by atoms with van der Waals surface area (Å²) < 4.78 is 6.87. The molecule has 21 heavy (non-hydrogen) atoms. The van der Waals surface area contributed by atoms with Crippen molar-refractivity contribution in [3.8, 4) is 0 Å². The number of fused-ring (bicyclic) bond motifs is 1. The van der Waals surface area contributed by atoms with Crippen LogP contribution in [0.3, 0.4) is 0 Å². The summed E-state index contributed by atoms with van der Waals surface area (Å²) in [6.45, 7) is 2.24. The fourth-order valence-electron chi connectivity index (χ4n) is 3.01. The molecule has 0 bridgehead atoms. The third-order valence-electron chi connectivity index (χ3n) is 3.96. The predicted molar refractivity (Wildman–Crippen MR) is 80.7 cm³/mol. The van der Waals surface area contributed by atoms with E-state index in [2.05, 4.69) is 45.5 Å². The van der Waals surface area contributed by atoms with Crippen LogP contribution in [0.25, 0.3) is 6.08 Å². The summed E-state index contributed by atoms with van der Waals surface area (Å²) in [5.41, 5.74) is 2.21. The molecule has 0 aliphatic carbocycles. The highest BCUT2D eigenvalue weighted by Crippen LogP contribution is 2.37. The van der Waals surface area contributed by atoms with Gasteiger partial charge in [-0.2, -0.15) is 0 Å². The van der Waals surface area contributed by atoms with E-state index in [4.69, 9.17) is 0 Å². The molecular formula is C17H18N2O2. The third-order valence-corrected chi connectivity index (χ3v) is 3.96. The molecule has 2 atom stereocenters. The molecule has 0 fully saturated rings. The molecule has 1 aliphatic heterocycles. The quantitative estimate of drug-likeness (QED) is 0.642. The van der Waals surface area contributed by atoms with Gasteiger partial charge in [0.05, 0.1) is 25.0 Å². The van der Waals surface area contributed by atoms with Crippen LogP contribution in [0, 0.1) is 5.92 Å². The van der Waals surface area contributed by atoms with Crippen LogP contribution in [0.4, 0.5) is 0 Å². The van der Waals surface area contributed by atoms with Crippen molar-refractivity contribution in [3.63, 3.8) is 0 Å². The number of aromatic nitrogens is 2. The molecule has 4 heteroatoms. The second-order valence-electron chi connectivity index (χ2n) is 5.36. The Morgan fingerprint density at radius 2 is 2.14 bits per heavy atom. The summed E-state index contributed by atoms with van der Waals surface area (Å²) in [7, 11) is 1.38. The zero-order chi connectivity index (χ0) is 14.8. The van der Waals surface area contributed by atoms with E-state index in [1.54, 1.807) is 6.08 Å². The van der Waals surface area contributed by atoms with Crippen LogP contribution in [-0.4, -0.2) is 22.6 Å². The van der Waals surface area contributed by atoms with Crippen molar-refractivity contribution in [2.24, 2.45) is 5.92 Å². The third kappa shape index (κ3) is 2.49. The SMILES string of the molecule is COC(=O)/C=C/c1cnc2n1C(c1ccccc1)C(C)C2. The Bertz CT molecular complexity index is 673. The van der Waals surface area contributed by atoms with Crippen LogP contribution in [0.5, 0.6) is 0 Å². The number of hydrogen-bond acceptors (Lipinski definition) is 3. The van der Waals surface area contributed by atoms with Gasteiger partial charge in [-0.3, -0.25) is 0 Å². The standard InChI is InChI=1S/C17H18N2O2/c1-12-10-15-18-11-14(8-9-16(20)21-2)19(15)17(12)13-6-4-3-5-7-13/h3-9,11-12,17H,10H2,1-2H3/b9-8+. The molecule has 3 rings (SSSR count). The molecule has 1 aromatic heterocycles. The van der Waals surface area contributed by atoms with Crippen LogP contribution < -0.4 is 0 Å². The Morgan fingerprint density at radius 3 is 2.86 bits per heavy atom. The Kier molecular flexibility index (Phi) is 3.60. The van der Waals surface area contributed by atoms with E-state index < -0.39 is 0 Å². The van der Waals surface area contributed by atoms with Gasteiger partial charge in [-0.1, -0.05) is 37.3 Å². The topological polar surface area (TPSA) is 44.1 Å². The summed E-state index contributed by atoms with van der Waals surface area (Å²) in [5.74, 6) is 1.20. The monoisotopic (exact) mass is 282 g/mol. The summed E-state index contributed by atoms with van der Waals surface area (Å²) >= 11 is 0. The number of carbonyl (C=O) groups excluding carboxylic acids is 1. The number of imidazole rings is 1. The van der Waals surface area contributed by atoms with E-state index in [0.29, 0.717) is 5.92 Å². The number of carbonyl (C=O) groups is 1. The van der Waals surface area contributed by atoms with Gasteiger partial charge in [0, 0.05) is 12.5 Å². The molecule has 0 radical (unpaired) electrons. The number of methoxy groups -OCH3 is 1. The number of nitrogens with zero attached hydrogens (tertiary/aromatic N) is 2. The molecule has 0 saturated heterocycles. The summed E-state index contributed by atoms with van der Waals surface area (Å²) in [5, 5.41) is 0. The van der Waals surface area contributed by atoms with Gasteiger partial charge in [0.15, 0.2) is 0 Å². The van der Waals surface area contributed by atoms with Crippen LogP contribution in [0.1, 0.15) is 30.0 Å². The molecule has 2 unspecified atom stereocenters. The van der Waals surface area contributed by atoms with Crippen molar-refractivity contribution in [2.75, 3.05) is 7.11 Å². The van der Waals surface area contributed by atoms with Crippen molar-refractivity contribution < 1.29 is 9.53 Å². The number of ether oxygens (including phenoxy) is 1. The first-order valence-corrected chi connectivity index (χ1v) is 7.07. The van der Waals surface area contributed by atoms with Crippen molar-refractivity contribution in [1.29, 1.82) is 0 Å². The second-order valence-corrected chi connectivity index (χ2v) is 5.36. The zero-order valence-corrected chi connectivity index (χ0v) is 12.2. The van der Waals surface area contributed by atoms with E-state index >= 15 is 0 Å². The van der Waals surface area contributed by atoms with E-state index in [-0.39, 0.29) is 12.0 Å². The number of hydrogen-bond donors (Lipinski definition) is 0. The normalized spacial score (nSPS) is 20.7. The van der Waals surface area contributed by atoms with Gasteiger partial charge in [0.2, 0.25) is 0 Å². The van der Waals surface area contributed by atoms with Crippen molar-refractivity contribution in [3.05, 3.63) is 59.7 Å². The maximum absolute atomic E-state index is 11.3. The van der Waals surface area contributed by atoms with Gasteiger partial charge >= 0.3 is 5.97 Å². The summed E-state index contributed by atoms with van der Waals surface area (Å²) in [6.07, 6.45) is 5.98. The van der Waals surface area contributed by atoms with Gasteiger partial charge in [0.1, 0.15) is 5.82 Å². The van der Waals surface area contributed by atoms with E-state index in [9.17, 15) is 4.79 Å². The highest BCUT2D eigenvalue weighted by molar-refractivity contribution is 5.86. The fourth-order valence-corrected chi connectivity index (χ4v) is 3.01. The first-order chi connectivity index (χ1) is 10.2. The Labute approximate surface area is 124 Å². The molecule has 0 N–H and O–H groups in total. The average Bonchev–Trinajstić information content (AvgIpc) is 3.03. The number of benzene rings is 1. The molecule has 1 aromatic carbocycles. The minimum Gasteiger partial charge on any atom is -0.466 e. The van der Waals surface area contributed by atoms with E-state index in [1.165, 1.54) is 18.7 Å². The first kappa shape index (κ1) is 13.6. The van der Waals surface area contributed by atoms with Gasteiger partial charge in [0.25, 0.3) is 0 Å². The Balaban J connectivity index is 1.99. The number of rotatable bonds is 3. The highest BCUT2D eigenvalue weighted by atomic mass is 16.5. The van der Waals surface area contributed by atoms with Crippen molar-refractivity contribution >= 4 is 12.0 Å². The lowest BCUT2D eigenvalue weighted by Gasteiger charge is -2.20. The average molecular weight is 282 g/mol. The summed E-state index contributed by atoms with van der Waals surface area (Å²) in [6, 6.07) is 10.7. The number of esters is 1. The molecule has 4 nitrogen and oxygen atoms in total. The van der Waals surface area contributed by atoms with Gasteiger partial charge in [-0.15, -0.1) is 0 Å². The first-order valence-electron chi connectivity index (χ1n) is 7.07. The lowest BCUT2D eigenvalue weighted by atomic mass is 9.95. The maximum atomic E-state index is 11.3. The van der Waals surface area contributed by atoms with Crippen LogP contribution in [0.2, 0.25) is 0 Å². The molecule has 108 valence electrons. The predicted octanol–water partition coefficient (Wildman–Crippen LogP) is 2.85. The summed E-state index contributed by atoms with van der Waals surface area (Å²) in [4.78, 5) is 15.8. The fraction of sp³-hybridized carbons (Fsp3) is 0.294. The minimum atomic E-state index is -0.354. The van der Waals surface area contributed by atoms with Crippen molar-refractivity contribution in [1.82, 2.24) is 9.55 Å². The highest BCUT2D eigenvalue weighted by Gasteiger charge is 2.32. The van der Waals surface area contributed by atoms with Gasteiger partial charge in [-0.05, 0) is 17.6 Å². The van der Waals surface area contributed by atoms with Gasteiger partial charge in [-0.25, -0.2) is 9.78 Å². The van der Waals surface area contributed by atoms with E-state index in [0.717, 1.165) is 17.9 Å². The molecule has 0 saturated carbocycles. The molecular weight excluding hydrogens is 264 g/mol. The van der Waals surface area contributed by atoms with Crippen LogP contribution in [-0.2, 0) is 16.0 Å². The van der Waals surface area contributed by atoms with Crippen LogP contribution >= 0.6 is 0 Å². The van der Waals surface area contributed by atoms with E-state index in [1.807, 2.05) is 12.3 Å². The smallest absolute Gasteiger partial charge is 0.330 e. The van der Waals surface area contributed by atoms with Crippen LogP contribution in [0.15, 0.2) is 42.6 Å². The van der Waals surface area contributed by atoms with Gasteiger partial charge < -0.3 is 9.30 Å². The molecule has 1 aliphatic rings. The minimum absolute atomic E-state index is 0.265. The Hall–Kier alpha value is -2.36. The molecule has 0 spiro atoms. The second kappa shape index (κ2) is 5.56. The molecule has 2 heterocycles. The lowest BCUT2D eigenvalue weighted by Crippen LogP contribution is -2.13. The zero-order valence-electron chi connectivity index (χ0n) is 12.2. The molecule has 2 aromatic rings.